The van der Waals surface area contributed by atoms with Crippen LogP contribution < -0.4 is 10.9 Å². The van der Waals surface area contributed by atoms with Crippen LogP contribution in [-0.4, -0.2) is 22.2 Å². The molecule has 0 spiro atoms. The van der Waals surface area contributed by atoms with Crippen LogP contribution in [0.2, 0.25) is 0 Å². The average Bonchev–Trinajstić information content (AvgIpc) is 2.38. The lowest BCUT2D eigenvalue weighted by Crippen LogP contribution is -2.38. The Morgan fingerprint density at radius 3 is 2.78 bits per heavy atom. The first kappa shape index (κ1) is 12.6. The maximum Gasteiger partial charge on any atom is 0.257 e. The molecule has 1 unspecified atom stereocenters. The maximum atomic E-state index is 11.9. The van der Waals surface area contributed by atoms with E-state index < -0.39 is 5.54 Å². The number of aromatic amines is 1. The number of nitrogens with one attached hydrogen (secondary N) is 2. The van der Waals surface area contributed by atoms with Crippen LogP contribution in [0.5, 0.6) is 0 Å². The van der Waals surface area contributed by atoms with E-state index >= 15 is 0 Å². The largest absolute Gasteiger partial charge is 0.394 e. The quantitative estimate of drug-likeness (QED) is 0.774. The van der Waals surface area contributed by atoms with Crippen molar-refractivity contribution in [3.05, 3.63) is 40.7 Å². The molecule has 0 bridgehead atoms. The molecule has 1 heterocycles. The predicted molar refractivity (Wildman–Crippen MR) is 74.0 cm³/mol. The number of fused-ring (bicyclic) bond motifs is 1. The summed E-state index contributed by atoms with van der Waals surface area (Å²) in [6.45, 7) is 3.92. The van der Waals surface area contributed by atoms with Gasteiger partial charge in [-0.25, -0.2) is 0 Å². The zero-order valence-corrected chi connectivity index (χ0v) is 10.7. The van der Waals surface area contributed by atoms with Gasteiger partial charge in [-0.2, -0.15) is 0 Å². The number of hydrogen-bond acceptors (Lipinski definition) is 3. The third-order valence-corrected chi connectivity index (χ3v) is 3.32. The minimum absolute atomic E-state index is 0.0123. The SMILES string of the molecule is CCC(C)(CO)Nc1cc2ccccc2c(=O)[nH]1. The smallest absolute Gasteiger partial charge is 0.257 e. The van der Waals surface area contributed by atoms with Gasteiger partial charge in [0.15, 0.2) is 0 Å². The van der Waals surface area contributed by atoms with Gasteiger partial charge in [-0.05, 0) is 30.9 Å². The summed E-state index contributed by atoms with van der Waals surface area (Å²) >= 11 is 0. The standard InChI is InChI=1S/C14H18N2O2/c1-3-14(2,9-17)16-12-8-10-6-4-5-7-11(10)13(18)15-12/h4-8,17H,3,9H2,1-2H3,(H2,15,16,18). The van der Waals surface area contributed by atoms with Crippen LogP contribution in [0.4, 0.5) is 5.82 Å². The fourth-order valence-corrected chi connectivity index (χ4v) is 1.84. The molecule has 2 rings (SSSR count). The lowest BCUT2D eigenvalue weighted by Gasteiger charge is -2.28. The highest BCUT2D eigenvalue weighted by Crippen LogP contribution is 2.18. The summed E-state index contributed by atoms with van der Waals surface area (Å²) in [7, 11) is 0. The topological polar surface area (TPSA) is 65.1 Å². The molecule has 0 aliphatic heterocycles. The second kappa shape index (κ2) is 4.82. The summed E-state index contributed by atoms with van der Waals surface area (Å²) in [6, 6.07) is 9.33. The first-order chi connectivity index (χ1) is 8.58. The van der Waals surface area contributed by atoms with Crippen molar-refractivity contribution >= 4 is 16.6 Å². The van der Waals surface area contributed by atoms with E-state index in [-0.39, 0.29) is 12.2 Å². The van der Waals surface area contributed by atoms with E-state index in [4.69, 9.17) is 0 Å². The average molecular weight is 246 g/mol. The number of pyridine rings is 1. The van der Waals surface area contributed by atoms with Gasteiger partial charge in [0.05, 0.1) is 12.1 Å². The van der Waals surface area contributed by atoms with E-state index in [9.17, 15) is 9.90 Å². The van der Waals surface area contributed by atoms with Crippen LogP contribution in [0, 0.1) is 0 Å². The minimum Gasteiger partial charge on any atom is -0.394 e. The van der Waals surface area contributed by atoms with Crippen LogP contribution in [0.15, 0.2) is 35.1 Å². The molecule has 4 heteroatoms. The zero-order valence-electron chi connectivity index (χ0n) is 10.7. The molecule has 0 saturated heterocycles. The van der Waals surface area contributed by atoms with Crippen molar-refractivity contribution in [1.82, 2.24) is 4.98 Å². The first-order valence-electron chi connectivity index (χ1n) is 6.09. The van der Waals surface area contributed by atoms with Crippen LogP contribution in [-0.2, 0) is 0 Å². The maximum absolute atomic E-state index is 11.9. The highest BCUT2D eigenvalue weighted by atomic mass is 16.3. The molecule has 0 amide bonds. The summed E-state index contributed by atoms with van der Waals surface area (Å²) in [5.74, 6) is 0.636. The van der Waals surface area contributed by atoms with Gasteiger partial charge in [-0.1, -0.05) is 25.1 Å². The van der Waals surface area contributed by atoms with Crippen molar-refractivity contribution in [1.29, 1.82) is 0 Å². The molecule has 1 atom stereocenters. The number of rotatable bonds is 4. The zero-order chi connectivity index (χ0) is 13.2. The van der Waals surface area contributed by atoms with E-state index in [0.717, 1.165) is 11.8 Å². The first-order valence-corrected chi connectivity index (χ1v) is 6.09. The lowest BCUT2D eigenvalue weighted by molar-refractivity contribution is 0.218. The molecule has 1 aromatic carbocycles. The number of aliphatic hydroxyl groups excluding tert-OH is 1. The Balaban J connectivity index is 2.44. The summed E-state index contributed by atoms with van der Waals surface area (Å²) in [6.07, 6.45) is 0.762. The Kier molecular flexibility index (Phi) is 3.39. The molecule has 96 valence electrons. The van der Waals surface area contributed by atoms with Gasteiger partial charge in [-0.15, -0.1) is 0 Å². The van der Waals surface area contributed by atoms with Gasteiger partial charge >= 0.3 is 0 Å². The Morgan fingerprint density at radius 1 is 1.39 bits per heavy atom. The highest BCUT2D eigenvalue weighted by molar-refractivity contribution is 5.83. The Bertz CT molecular complexity index is 600. The van der Waals surface area contributed by atoms with Crippen molar-refractivity contribution in [2.75, 3.05) is 11.9 Å². The van der Waals surface area contributed by atoms with Gasteiger partial charge in [0, 0.05) is 5.39 Å². The molecule has 0 aliphatic carbocycles. The summed E-state index contributed by atoms with van der Waals surface area (Å²) in [5, 5.41) is 14.1. The Hall–Kier alpha value is -1.81. The van der Waals surface area contributed by atoms with Crippen molar-refractivity contribution in [2.45, 2.75) is 25.8 Å². The van der Waals surface area contributed by atoms with Crippen molar-refractivity contribution in [3.63, 3.8) is 0 Å². The van der Waals surface area contributed by atoms with Gasteiger partial charge in [0.25, 0.3) is 5.56 Å². The number of hydrogen-bond donors (Lipinski definition) is 3. The molecule has 0 saturated carbocycles. The minimum atomic E-state index is -0.425. The molecule has 0 aliphatic rings. The fraction of sp³-hybridized carbons (Fsp3) is 0.357. The number of aliphatic hydroxyl groups is 1. The van der Waals surface area contributed by atoms with E-state index in [2.05, 4.69) is 10.3 Å². The number of H-pyrrole nitrogens is 1. The second-order valence-corrected chi connectivity index (χ2v) is 4.80. The van der Waals surface area contributed by atoms with E-state index in [1.807, 2.05) is 38.1 Å². The Morgan fingerprint density at radius 2 is 2.11 bits per heavy atom. The van der Waals surface area contributed by atoms with Gasteiger partial charge in [-0.3, -0.25) is 4.79 Å². The normalized spacial score (nSPS) is 14.4. The molecule has 0 radical (unpaired) electrons. The number of benzene rings is 1. The van der Waals surface area contributed by atoms with Crippen molar-refractivity contribution in [3.8, 4) is 0 Å². The van der Waals surface area contributed by atoms with Gasteiger partial charge in [0.2, 0.25) is 0 Å². The van der Waals surface area contributed by atoms with Crippen molar-refractivity contribution in [2.24, 2.45) is 0 Å². The number of anilines is 1. The van der Waals surface area contributed by atoms with E-state index in [0.29, 0.717) is 11.2 Å². The molecule has 4 nitrogen and oxygen atoms in total. The molecule has 0 fully saturated rings. The van der Waals surface area contributed by atoms with Crippen molar-refractivity contribution < 1.29 is 5.11 Å². The van der Waals surface area contributed by atoms with Crippen LogP contribution >= 0.6 is 0 Å². The molecular formula is C14H18N2O2. The monoisotopic (exact) mass is 246 g/mol. The van der Waals surface area contributed by atoms with E-state index in [1.54, 1.807) is 6.07 Å². The predicted octanol–water partition coefficient (Wildman–Crippen LogP) is 2.10. The molecule has 3 N–H and O–H groups in total. The highest BCUT2D eigenvalue weighted by Gasteiger charge is 2.20. The van der Waals surface area contributed by atoms with E-state index in [1.165, 1.54) is 0 Å². The van der Waals surface area contributed by atoms with Gasteiger partial charge < -0.3 is 15.4 Å². The second-order valence-electron chi connectivity index (χ2n) is 4.80. The third kappa shape index (κ3) is 2.38. The molecular weight excluding hydrogens is 228 g/mol. The summed E-state index contributed by atoms with van der Waals surface area (Å²) in [5.41, 5.74) is -0.544. The van der Waals surface area contributed by atoms with Gasteiger partial charge in [0.1, 0.15) is 5.82 Å². The van der Waals surface area contributed by atoms with Crippen LogP contribution in [0.3, 0.4) is 0 Å². The lowest BCUT2D eigenvalue weighted by atomic mass is 10.0. The molecule has 18 heavy (non-hydrogen) atoms. The molecule has 1 aromatic heterocycles. The number of aromatic nitrogens is 1. The summed E-state index contributed by atoms with van der Waals surface area (Å²) < 4.78 is 0. The van der Waals surface area contributed by atoms with Crippen LogP contribution in [0.25, 0.3) is 10.8 Å². The van der Waals surface area contributed by atoms with Crippen LogP contribution in [0.1, 0.15) is 20.3 Å². The summed E-state index contributed by atoms with van der Waals surface area (Å²) in [4.78, 5) is 14.7. The Labute approximate surface area is 106 Å². The third-order valence-electron chi connectivity index (χ3n) is 3.32. The molecule has 2 aromatic rings. The fourth-order valence-electron chi connectivity index (χ4n) is 1.84.